The first kappa shape index (κ1) is 15.3. The van der Waals surface area contributed by atoms with Crippen LogP contribution in [-0.2, 0) is 11.3 Å². The van der Waals surface area contributed by atoms with Crippen LogP contribution in [0.4, 0.5) is 0 Å². The molecular formula is C16H26N2O2. The fourth-order valence-electron chi connectivity index (χ4n) is 2.73. The molecule has 1 saturated heterocycles. The first-order valence-electron chi connectivity index (χ1n) is 7.32. The predicted octanol–water partition coefficient (Wildman–Crippen LogP) is 2.33. The van der Waals surface area contributed by atoms with Gasteiger partial charge in [-0.1, -0.05) is 6.07 Å². The smallest absolute Gasteiger partial charge is 0.123 e. The monoisotopic (exact) mass is 278 g/mol. The molecule has 0 radical (unpaired) electrons. The van der Waals surface area contributed by atoms with Crippen LogP contribution in [0.3, 0.4) is 0 Å². The maximum atomic E-state index is 5.98. The molecule has 1 fully saturated rings. The largest absolute Gasteiger partial charge is 0.496 e. The zero-order valence-corrected chi connectivity index (χ0v) is 12.8. The quantitative estimate of drug-likeness (QED) is 0.898. The molecule has 1 unspecified atom stereocenters. The van der Waals surface area contributed by atoms with Gasteiger partial charge in [-0.2, -0.15) is 0 Å². The van der Waals surface area contributed by atoms with Crippen molar-refractivity contribution in [2.45, 2.75) is 38.4 Å². The summed E-state index contributed by atoms with van der Waals surface area (Å²) >= 11 is 0. The van der Waals surface area contributed by atoms with Crippen LogP contribution in [0.2, 0.25) is 0 Å². The van der Waals surface area contributed by atoms with Gasteiger partial charge in [0.2, 0.25) is 0 Å². The molecule has 1 aromatic carbocycles. The van der Waals surface area contributed by atoms with Gasteiger partial charge in [-0.05, 0) is 44.5 Å². The topological polar surface area (TPSA) is 47.7 Å². The van der Waals surface area contributed by atoms with Crippen molar-refractivity contribution in [1.29, 1.82) is 0 Å². The summed E-state index contributed by atoms with van der Waals surface area (Å²) in [5, 5.41) is 0. The number of hydrogen-bond donors (Lipinski definition) is 1. The van der Waals surface area contributed by atoms with Gasteiger partial charge in [0.1, 0.15) is 5.75 Å². The summed E-state index contributed by atoms with van der Waals surface area (Å²) in [5.41, 5.74) is 8.34. The van der Waals surface area contributed by atoms with Crippen molar-refractivity contribution in [3.05, 3.63) is 29.3 Å². The van der Waals surface area contributed by atoms with Crippen molar-refractivity contribution in [2.75, 3.05) is 27.4 Å². The Hall–Kier alpha value is -1.10. The second-order valence-electron chi connectivity index (χ2n) is 5.62. The first-order valence-corrected chi connectivity index (χ1v) is 7.32. The minimum Gasteiger partial charge on any atom is -0.496 e. The lowest BCUT2D eigenvalue weighted by molar-refractivity contribution is 0.0405. The third-order valence-electron chi connectivity index (χ3n) is 4.06. The van der Waals surface area contributed by atoms with Gasteiger partial charge < -0.3 is 15.2 Å². The average molecular weight is 278 g/mol. The van der Waals surface area contributed by atoms with Crippen LogP contribution < -0.4 is 10.5 Å². The Morgan fingerprint density at radius 3 is 2.70 bits per heavy atom. The third kappa shape index (κ3) is 3.72. The molecule has 1 atom stereocenters. The summed E-state index contributed by atoms with van der Waals surface area (Å²) in [6.07, 6.45) is 2.21. The van der Waals surface area contributed by atoms with E-state index in [9.17, 15) is 0 Å². The van der Waals surface area contributed by atoms with Crippen molar-refractivity contribution in [3.8, 4) is 5.75 Å². The van der Waals surface area contributed by atoms with E-state index in [1.165, 1.54) is 5.56 Å². The Morgan fingerprint density at radius 2 is 2.10 bits per heavy atom. The molecule has 0 amide bonds. The molecule has 4 heteroatoms. The van der Waals surface area contributed by atoms with Gasteiger partial charge in [0.05, 0.1) is 7.11 Å². The van der Waals surface area contributed by atoms with Gasteiger partial charge in [-0.15, -0.1) is 0 Å². The van der Waals surface area contributed by atoms with Gasteiger partial charge in [0.25, 0.3) is 0 Å². The summed E-state index contributed by atoms with van der Waals surface area (Å²) in [4.78, 5) is 2.39. The van der Waals surface area contributed by atoms with E-state index in [0.717, 1.165) is 43.9 Å². The molecule has 0 aliphatic carbocycles. The van der Waals surface area contributed by atoms with Gasteiger partial charge in [-0.25, -0.2) is 0 Å². The summed E-state index contributed by atoms with van der Waals surface area (Å²) in [5.74, 6) is 0.938. The van der Waals surface area contributed by atoms with E-state index in [2.05, 4.69) is 18.0 Å². The third-order valence-corrected chi connectivity index (χ3v) is 4.06. The minimum atomic E-state index is 0.0491. The molecule has 0 saturated carbocycles. The second-order valence-corrected chi connectivity index (χ2v) is 5.62. The highest BCUT2D eigenvalue weighted by molar-refractivity contribution is 5.38. The summed E-state index contributed by atoms with van der Waals surface area (Å²) < 4.78 is 10.9. The Morgan fingerprint density at radius 1 is 1.40 bits per heavy atom. The standard InChI is InChI=1S/C16H26N2O2/c1-12(17)13-4-5-16(19-3)14(10-13)11-18(2)15-6-8-20-9-7-15/h4-5,10,12,15H,6-9,11,17H2,1-3H3. The molecule has 112 valence electrons. The Bertz CT molecular complexity index is 428. The number of ether oxygens (including phenoxy) is 2. The van der Waals surface area contributed by atoms with Crippen LogP contribution >= 0.6 is 0 Å². The number of nitrogens with two attached hydrogens (primary N) is 1. The Balaban J connectivity index is 2.11. The number of hydrogen-bond acceptors (Lipinski definition) is 4. The first-order chi connectivity index (χ1) is 9.61. The Labute approximate surface area is 121 Å². The molecule has 1 heterocycles. The fourth-order valence-corrected chi connectivity index (χ4v) is 2.73. The Kier molecular flexibility index (Phi) is 5.40. The lowest BCUT2D eigenvalue weighted by atomic mass is 10.0. The molecule has 2 rings (SSSR count). The summed E-state index contributed by atoms with van der Waals surface area (Å²) in [7, 11) is 3.90. The number of benzene rings is 1. The molecule has 0 spiro atoms. The second kappa shape index (κ2) is 7.07. The van der Waals surface area contributed by atoms with E-state index < -0.39 is 0 Å². The van der Waals surface area contributed by atoms with Gasteiger partial charge in [0, 0.05) is 37.4 Å². The van der Waals surface area contributed by atoms with Crippen molar-refractivity contribution < 1.29 is 9.47 Å². The SMILES string of the molecule is COc1ccc(C(C)N)cc1CN(C)C1CCOCC1. The summed E-state index contributed by atoms with van der Waals surface area (Å²) in [6.45, 7) is 4.63. The predicted molar refractivity (Wildman–Crippen MR) is 80.9 cm³/mol. The van der Waals surface area contributed by atoms with E-state index in [-0.39, 0.29) is 6.04 Å². The molecular weight excluding hydrogens is 252 g/mol. The van der Waals surface area contributed by atoms with E-state index in [1.807, 2.05) is 19.1 Å². The van der Waals surface area contributed by atoms with E-state index >= 15 is 0 Å². The summed E-state index contributed by atoms with van der Waals surface area (Å²) in [6, 6.07) is 6.87. The van der Waals surface area contributed by atoms with Crippen molar-refractivity contribution >= 4 is 0 Å². The minimum absolute atomic E-state index is 0.0491. The molecule has 1 aromatic rings. The van der Waals surface area contributed by atoms with Crippen molar-refractivity contribution in [3.63, 3.8) is 0 Å². The highest BCUT2D eigenvalue weighted by Gasteiger charge is 2.19. The van der Waals surface area contributed by atoms with Crippen LogP contribution in [0.25, 0.3) is 0 Å². The van der Waals surface area contributed by atoms with Crippen molar-refractivity contribution in [2.24, 2.45) is 5.73 Å². The van der Waals surface area contributed by atoms with E-state index in [1.54, 1.807) is 7.11 Å². The maximum absolute atomic E-state index is 5.98. The number of nitrogens with zero attached hydrogens (tertiary/aromatic N) is 1. The molecule has 4 nitrogen and oxygen atoms in total. The number of rotatable bonds is 5. The molecule has 2 N–H and O–H groups in total. The zero-order valence-electron chi connectivity index (χ0n) is 12.8. The van der Waals surface area contributed by atoms with Crippen LogP contribution in [0.1, 0.15) is 36.9 Å². The highest BCUT2D eigenvalue weighted by Crippen LogP contribution is 2.25. The normalized spacial score (nSPS) is 18.2. The lowest BCUT2D eigenvalue weighted by Gasteiger charge is -2.31. The fraction of sp³-hybridized carbons (Fsp3) is 0.625. The maximum Gasteiger partial charge on any atom is 0.123 e. The number of methoxy groups -OCH3 is 1. The van der Waals surface area contributed by atoms with Gasteiger partial charge in [-0.3, -0.25) is 4.90 Å². The van der Waals surface area contributed by atoms with Crippen LogP contribution in [0.5, 0.6) is 5.75 Å². The molecule has 0 bridgehead atoms. The van der Waals surface area contributed by atoms with Crippen LogP contribution in [0.15, 0.2) is 18.2 Å². The van der Waals surface area contributed by atoms with E-state index in [0.29, 0.717) is 6.04 Å². The van der Waals surface area contributed by atoms with Gasteiger partial charge in [0.15, 0.2) is 0 Å². The highest BCUT2D eigenvalue weighted by atomic mass is 16.5. The van der Waals surface area contributed by atoms with E-state index in [4.69, 9.17) is 15.2 Å². The van der Waals surface area contributed by atoms with Crippen molar-refractivity contribution in [1.82, 2.24) is 4.90 Å². The molecule has 1 aliphatic heterocycles. The molecule has 20 heavy (non-hydrogen) atoms. The molecule has 1 aliphatic rings. The average Bonchev–Trinajstić information content (AvgIpc) is 2.48. The lowest BCUT2D eigenvalue weighted by Crippen LogP contribution is -2.36. The van der Waals surface area contributed by atoms with Gasteiger partial charge >= 0.3 is 0 Å². The molecule has 0 aromatic heterocycles. The van der Waals surface area contributed by atoms with Crippen LogP contribution in [0, 0.1) is 0 Å². The van der Waals surface area contributed by atoms with Crippen LogP contribution in [-0.4, -0.2) is 38.3 Å². The zero-order chi connectivity index (χ0) is 14.5.